The molecule has 1 nitrogen and oxygen atoms in total. The molecule has 0 bridgehead atoms. The third-order valence-electron chi connectivity index (χ3n) is 0.914. The van der Waals surface area contributed by atoms with E-state index < -0.39 is 10.9 Å². The number of pyridine rings is 1. The maximum Gasteiger partial charge on any atom is 0.350 e. The number of nitrogens with zero attached hydrogens (tertiary/aromatic N) is 1. The quantitative estimate of drug-likeness (QED) is 0.577. The van der Waals surface area contributed by atoms with Crippen molar-refractivity contribution in [3.63, 3.8) is 0 Å². The number of hydrogen-bond donors (Lipinski definition) is 0. The van der Waals surface area contributed by atoms with Gasteiger partial charge in [-0.15, -0.1) is 0 Å². The monoisotopic (exact) mass is 162 g/mol. The van der Waals surface area contributed by atoms with Crippen molar-refractivity contribution >= 4 is 11.6 Å². The zero-order valence-corrected chi connectivity index (χ0v) is 5.57. The molecule has 0 saturated heterocycles. The van der Waals surface area contributed by atoms with E-state index in [-0.39, 0.29) is 0 Å². The third kappa shape index (κ3) is 1.64. The fourth-order valence-electron chi connectivity index (χ4n) is 0.484. The molecule has 0 fully saturated rings. The normalized spacial score (nSPS) is 11.5. The van der Waals surface area contributed by atoms with Crippen LogP contribution in [0.3, 0.4) is 0 Å². The van der Waals surface area contributed by atoms with Crippen LogP contribution >= 0.6 is 11.6 Å². The first-order valence-electron chi connectivity index (χ1n) is 2.50. The van der Waals surface area contributed by atoms with Crippen LogP contribution in [0.25, 0.3) is 0 Å². The van der Waals surface area contributed by atoms with E-state index in [0.29, 0.717) is 0 Å². The Kier molecular flexibility index (Phi) is 1.85. The highest BCUT2D eigenvalue weighted by atomic mass is 35.5. The highest BCUT2D eigenvalue weighted by Crippen LogP contribution is 2.30. The minimum atomic E-state index is -3.35. The summed E-state index contributed by atoms with van der Waals surface area (Å²) in [6.07, 6.45) is 3.43. The van der Waals surface area contributed by atoms with Crippen molar-refractivity contribution in [1.82, 2.24) is 4.98 Å². The van der Waals surface area contributed by atoms with Gasteiger partial charge in [0.25, 0.3) is 0 Å². The molecule has 0 amide bonds. The molecule has 0 aliphatic rings. The van der Waals surface area contributed by atoms with Crippen molar-refractivity contribution in [2.75, 3.05) is 0 Å². The highest BCUT2D eigenvalue weighted by molar-refractivity contribution is 6.21. The summed E-state index contributed by atoms with van der Waals surface area (Å²) in [4.78, 5) is 3.36. The standard InChI is InChI=1S/C6H3ClF2N/c7-6(8,9)5-2-1-3-10-4-5/h1-3H. The zero-order valence-electron chi connectivity index (χ0n) is 4.81. The molecule has 0 N–H and O–H groups in total. The Morgan fingerprint density at radius 1 is 1.60 bits per heavy atom. The topological polar surface area (TPSA) is 12.9 Å². The number of aromatic nitrogens is 1. The van der Waals surface area contributed by atoms with Gasteiger partial charge in [-0.3, -0.25) is 4.98 Å². The summed E-state index contributed by atoms with van der Waals surface area (Å²) in [5.41, 5.74) is -0.406. The van der Waals surface area contributed by atoms with E-state index >= 15 is 0 Å². The lowest BCUT2D eigenvalue weighted by Crippen LogP contribution is -2.03. The van der Waals surface area contributed by atoms with Crippen LogP contribution in [-0.2, 0) is 5.38 Å². The van der Waals surface area contributed by atoms with Crippen molar-refractivity contribution in [2.24, 2.45) is 0 Å². The average Bonchev–Trinajstić information content (AvgIpc) is 1.88. The molecule has 4 heteroatoms. The molecule has 1 radical (unpaired) electrons. The van der Waals surface area contributed by atoms with Gasteiger partial charge in [-0.25, -0.2) is 0 Å². The van der Waals surface area contributed by atoms with Crippen molar-refractivity contribution < 1.29 is 8.78 Å². The summed E-state index contributed by atoms with van der Waals surface area (Å²) in [6, 6.07) is 2.54. The van der Waals surface area contributed by atoms with Gasteiger partial charge in [0, 0.05) is 6.20 Å². The Morgan fingerprint density at radius 3 is 2.60 bits per heavy atom. The lowest BCUT2D eigenvalue weighted by Gasteiger charge is -2.04. The number of rotatable bonds is 1. The Labute approximate surface area is 61.7 Å². The Bertz CT molecular complexity index is 207. The second-order valence-electron chi connectivity index (χ2n) is 1.66. The van der Waals surface area contributed by atoms with E-state index in [1.165, 1.54) is 18.3 Å². The number of halogens is 3. The van der Waals surface area contributed by atoms with Crippen LogP contribution in [0, 0.1) is 6.20 Å². The molecule has 0 saturated carbocycles. The molecule has 1 heterocycles. The summed E-state index contributed by atoms with van der Waals surface area (Å²) in [5, 5.41) is -3.35. The SMILES string of the molecule is FC(F)(Cl)c1[c]nccc1. The molecule has 1 aromatic heterocycles. The third-order valence-corrected chi connectivity index (χ3v) is 1.12. The largest absolute Gasteiger partial charge is 0.350 e. The first-order valence-corrected chi connectivity index (χ1v) is 2.88. The minimum Gasteiger partial charge on any atom is -0.254 e. The predicted molar refractivity (Wildman–Crippen MR) is 32.8 cm³/mol. The second-order valence-corrected chi connectivity index (χ2v) is 2.14. The van der Waals surface area contributed by atoms with E-state index in [1.807, 2.05) is 0 Å². The van der Waals surface area contributed by atoms with Gasteiger partial charge in [0.1, 0.15) is 0 Å². The van der Waals surface area contributed by atoms with Crippen LogP contribution in [0.1, 0.15) is 5.56 Å². The summed E-state index contributed by atoms with van der Waals surface area (Å²) >= 11 is 4.65. The van der Waals surface area contributed by atoms with Crippen LogP contribution in [0.4, 0.5) is 8.78 Å². The number of hydrogen-bond acceptors (Lipinski definition) is 1. The van der Waals surface area contributed by atoms with Gasteiger partial charge < -0.3 is 0 Å². The van der Waals surface area contributed by atoms with E-state index in [9.17, 15) is 8.78 Å². The molecule has 0 aliphatic carbocycles. The van der Waals surface area contributed by atoms with E-state index in [2.05, 4.69) is 22.8 Å². The van der Waals surface area contributed by atoms with Gasteiger partial charge in [-0.2, -0.15) is 8.78 Å². The molecule has 0 aromatic carbocycles. The molecular formula is C6H3ClF2N. The summed E-state index contributed by atoms with van der Waals surface area (Å²) < 4.78 is 24.3. The fourth-order valence-corrected chi connectivity index (χ4v) is 0.589. The van der Waals surface area contributed by atoms with Crippen LogP contribution in [0.2, 0.25) is 0 Å². The fraction of sp³-hybridized carbons (Fsp3) is 0.167. The average molecular weight is 163 g/mol. The molecule has 1 aromatic rings. The van der Waals surface area contributed by atoms with E-state index in [4.69, 9.17) is 0 Å². The van der Waals surface area contributed by atoms with Crippen molar-refractivity contribution in [3.05, 3.63) is 30.1 Å². The smallest absolute Gasteiger partial charge is 0.254 e. The molecule has 0 unspecified atom stereocenters. The van der Waals surface area contributed by atoms with Crippen molar-refractivity contribution in [3.8, 4) is 0 Å². The summed E-state index contributed by atoms with van der Waals surface area (Å²) in [7, 11) is 0. The van der Waals surface area contributed by atoms with Gasteiger partial charge in [0.15, 0.2) is 0 Å². The molecule has 1 rings (SSSR count). The van der Waals surface area contributed by atoms with Crippen LogP contribution < -0.4 is 0 Å². The predicted octanol–water partition coefficient (Wildman–Crippen LogP) is 2.17. The Balaban J connectivity index is 2.97. The Morgan fingerprint density at radius 2 is 2.30 bits per heavy atom. The molecule has 10 heavy (non-hydrogen) atoms. The van der Waals surface area contributed by atoms with Crippen LogP contribution in [0.15, 0.2) is 18.3 Å². The number of alkyl halides is 3. The maximum atomic E-state index is 12.1. The molecule has 0 aliphatic heterocycles. The summed E-state index contributed by atoms with van der Waals surface area (Å²) in [6.45, 7) is 0. The van der Waals surface area contributed by atoms with Crippen LogP contribution in [0.5, 0.6) is 0 Å². The molecular weight excluding hydrogens is 160 g/mol. The van der Waals surface area contributed by atoms with E-state index in [1.54, 1.807) is 0 Å². The first-order chi connectivity index (χ1) is 4.61. The molecule has 53 valence electrons. The van der Waals surface area contributed by atoms with Gasteiger partial charge in [0.05, 0.1) is 11.8 Å². The maximum absolute atomic E-state index is 12.1. The summed E-state index contributed by atoms with van der Waals surface area (Å²) in [5.74, 6) is 0. The lowest BCUT2D eigenvalue weighted by molar-refractivity contribution is 0.0944. The highest BCUT2D eigenvalue weighted by Gasteiger charge is 2.27. The molecule has 0 spiro atoms. The minimum absolute atomic E-state index is 0.406. The first kappa shape index (κ1) is 7.41. The van der Waals surface area contributed by atoms with Gasteiger partial charge in [-0.05, 0) is 23.7 Å². The van der Waals surface area contributed by atoms with Crippen molar-refractivity contribution in [1.29, 1.82) is 0 Å². The second kappa shape index (κ2) is 2.50. The zero-order chi connectivity index (χ0) is 7.61. The van der Waals surface area contributed by atoms with Gasteiger partial charge >= 0.3 is 5.38 Å². The van der Waals surface area contributed by atoms with Crippen LogP contribution in [-0.4, -0.2) is 4.98 Å². The van der Waals surface area contributed by atoms with Crippen molar-refractivity contribution in [2.45, 2.75) is 5.38 Å². The van der Waals surface area contributed by atoms with E-state index in [0.717, 1.165) is 0 Å². The molecule has 0 atom stereocenters. The van der Waals surface area contributed by atoms with Gasteiger partial charge in [-0.1, -0.05) is 0 Å². The Hall–Kier alpha value is -0.700. The lowest BCUT2D eigenvalue weighted by atomic mass is 10.3. The van der Waals surface area contributed by atoms with Gasteiger partial charge in [0.2, 0.25) is 0 Å².